The molecule has 1 rings (SSSR count). The molecule has 1 atom stereocenters. The first-order valence-electron chi connectivity index (χ1n) is 5.47. The maximum absolute atomic E-state index is 11.9. The number of nitrogens with one attached hydrogen (secondary N) is 1. The lowest BCUT2D eigenvalue weighted by atomic mass is 10.0. The van der Waals surface area contributed by atoms with Crippen molar-refractivity contribution in [2.24, 2.45) is 0 Å². The van der Waals surface area contributed by atoms with Gasteiger partial charge in [0, 0.05) is 18.4 Å². The minimum Gasteiger partial charge on any atom is -0.369 e. The van der Waals surface area contributed by atoms with Crippen LogP contribution in [0.15, 0.2) is 24.3 Å². The van der Waals surface area contributed by atoms with Gasteiger partial charge in [-0.2, -0.15) is 0 Å². The van der Waals surface area contributed by atoms with Crippen LogP contribution in [0.25, 0.3) is 0 Å². The molecule has 1 amide bonds. The molecule has 0 aromatic heterocycles. The summed E-state index contributed by atoms with van der Waals surface area (Å²) in [6.07, 6.45) is 1.35. The molecule has 0 aliphatic heterocycles. The summed E-state index contributed by atoms with van der Waals surface area (Å²) in [7, 11) is 1.51. The first kappa shape index (κ1) is 13.4. The minimum atomic E-state index is -0.830. The quantitative estimate of drug-likeness (QED) is 0.796. The highest BCUT2D eigenvalue weighted by atomic mass is 16.5. The van der Waals surface area contributed by atoms with E-state index in [0.717, 1.165) is 6.29 Å². The molecule has 4 nitrogen and oxygen atoms in total. The summed E-state index contributed by atoms with van der Waals surface area (Å²) in [5, 5.41) is 2.76. The number of hydrogen-bond donors (Lipinski definition) is 1. The molecule has 0 aliphatic carbocycles. The summed E-state index contributed by atoms with van der Waals surface area (Å²) in [5.41, 5.74) is 0.397. The lowest BCUT2D eigenvalue weighted by Crippen LogP contribution is -2.41. The zero-order chi connectivity index (χ0) is 12.9. The Morgan fingerprint density at radius 2 is 2.00 bits per heavy atom. The molecule has 0 bridgehead atoms. The molecule has 0 heterocycles. The standard InChI is InChI=1S/C13H17NO3/c1-4-13(2,17-3)12(16)14-11-7-5-10(9-15)6-8-11/h5-9H,4H2,1-3H3,(H,14,16). The van der Waals surface area contributed by atoms with Crippen LogP contribution >= 0.6 is 0 Å². The van der Waals surface area contributed by atoms with Gasteiger partial charge < -0.3 is 10.1 Å². The van der Waals surface area contributed by atoms with Crippen molar-refractivity contribution in [3.05, 3.63) is 29.8 Å². The molecule has 4 heteroatoms. The summed E-state index contributed by atoms with van der Waals surface area (Å²) in [5.74, 6) is -0.193. The summed E-state index contributed by atoms with van der Waals surface area (Å²) in [6.45, 7) is 3.63. The van der Waals surface area contributed by atoms with E-state index in [1.165, 1.54) is 7.11 Å². The molecular weight excluding hydrogens is 218 g/mol. The fraction of sp³-hybridized carbons (Fsp3) is 0.385. The molecule has 1 unspecified atom stereocenters. The van der Waals surface area contributed by atoms with Crippen molar-refractivity contribution < 1.29 is 14.3 Å². The molecule has 1 aromatic carbocycles. The number of benzene rings is 1. The lowest BCUT2D eigenvalue weighted by Gasteiger charge is -2.25. The van der Waals surface area contributed by atoms with Gasteiger partial charge in [0.1, 0.15) is 11.9 Å². The monoisotopic (exact) mass is 235 g/mol. The number of carbonyl (C=O) groups is 2. The number of ether oxygens (including phenoxy) is 1. The van der Waals surface area contributed by atoms with E-state index < -0.39 is 5.60 Å². The van der Waals surface area contributed by atoms with Crippen molar-refractivity contribution in [2.45, 2.75) is 25.9 Å². The van der Waals surface area contributed by atoms with Gasteiger partial charge in [-0.15, -0.1) is 0 Å². The lowest BCUT2D eigenvalue weighted by molar-refractivity contribution is -0.136. The maximum Gasteiger partial charge on any atom is 0.256 e. The number of methoxy groups -OCH3 is 1. The molecule has 0 radical (unpaired) electrons. The van der Waals surface area contributed by atoms with E-state index in [1.807, 2.05) is 6.92 Å². The van der Waals surface area contributed by atoms with Crippen LogP contribution < -0.4 is 5.32 Å². The SMILES string of the molecule is CCC(C)(OC)C(=O)Nc1ccc(C=O)cc1. The highest BCUT2D eigenvalue weighted by Gasteiger charge is 2.30. The van der Waals surface area contributed by atoms with Gasteiger partial charge in [0.2, 0.25) is 0 Å². The summed E-state index contributed by atoms with van der Waals surface area (Å²) < 4.78 is 5.20. The molecule has 17 heavy (non-hydrogen) atoms. The Bertz CT molecular complexity index is 394. The van der Waals surface area contributed by atoms with Crippen LogP contribution in [0.1, 0.15) is 30.6 Å². The van der Waals surface area contributed by atoms with Crippen molar-refractivity contribution in [1.82, 2.24) is 0 Å². The van der Waals surface area contributed by atoms with Crippen molar-refractivity contribution >= 4 is 17.9 Å². The Hall–Kier alpha value is -1.68. The Kier molecular flexibility index (Phi) is 4.40. The van der Waals surface area contributed by atoms with Crippen LogP contribution in [0.2, 0.25) is 0 Å². The van der Waals surface area contributed by atoms with Crippen molar-refractivity contribution in [3.8, 4) is 0 Å². The number of amides is 1. The van der Waals surface area contributed by atoms with Crippen molar-refractivity contribution in [2.75, 3.05) is 12.4 Å². The second-order valence-electron chi connectivity index (χ2n) is 3.98. The van der Waals surface area contributed by atoms with Crippen LogP contribution in [0, 0.1) is 0 Å². The first-order chi connectivity index (χ1) is 8.05. The smallest absolute Gasteiger partial charge is 0.256 e. The fourth-order valence-corrected chi connectivity index (χ4v) is 1.31. The van der Waals surface area contributed by atoms with Crippen LogP contribution in [-0.2, 0) is 9.53 Å². The maximum atomic E-state index is 11.9. The molecule has 0 fully saturated rings. The van der Waals surface area contributed by atoms with E-state index >= 15 is 0 Å². The van der Waals surface area contributed by atoms with E-state index in [9.17, 15) is 9.59 Å². The van der Waals surface area contributed by atoms with Gasteiger partial charge in [0.15, 0.2) is 0 Å². The fourth-order valence-electron chi connectivity index (χ4n) is 1.31. The van der Waals surface area contributed by atoms with Crippen LogP contribution in [0.4, 0.5) is 5.69 Å². The Morgan fingerprint density at radius 1 is 1.41 bits per heavy atom. The number of hydrogen-bond acceptors (Lipinski definition) is 3. The van der Waals surface area contributed by atoms with E-state index in [4.69, 9.17) is 4.74 Å². The summed E-state index contributed by atoms with van der Waals surface area (Å²) in [4.78, 5) is 22.4. The highest BCUT2D eigenvalue weighted by Crippen LogP contribution is 2.17. The van der Waals surface area contributed by atoms with Gasteiger partial charge in [-0.3, -0.25) is 9.59 Å². The average molecular weight is 235 g/mol. The third kappa shape index (κ3) is 3.14. The summed E-state index contributed by atoms with van der Waals surface area (Å²) in [6, 6.07) is 6.68. The zero-order valence-electron chi connectivity index (χ0n) is 10.3. The number of carbonyl (C=O) groups excluding carboxylic acids is 2. The van der Waals surface area contributed by atoms with Crippen LogP contribution in [0.3, 0.4) is 0 Å². The highest BCUT2D eigenvalue weighted by molar-refractivity contribution is 5.97. The van der Waals surface area contributed by atoms with Gasteiger partial charge in [-0.1, -0.05) is 6.92 Å². The molecule has 0 saturated heterocycles. The first-order valence-corrected chi connectivity index (χ1v) is 5.47. The van der Waals surface area contributed by atoms with E-state index in [1.54, 1.807) is 31.2 Å². The zero-order valence-corrected chi connectivity index (χ0v) is 10.3. The van der Waals surface area contributed by atoms with E-state index in [-0.39, 0.29) is 5.91 Å². The second-order valence-corrected chi connectivity index (χ2v) is 3.98. The van der Waals surface area contributed by atoms with Crippen LogP contribution in [-0.4, -0.2) is 24.9 Å². The van der Waals surface area contributed by atoms with Gasteiger partial charge in [0.05, 0.1) is 0 Å². The molecule has 92 valence electrons. The molecule has 1 N–H and O–H groups in total. The molecule has 0 saturated carbocycles. The summed E-state index contributed by atoms with van der Waals surface area (Å²) >= 11 is 0. The van der Waals surface area contributed by atoms with Gasteiger partial charge >= 0.3 is 0 Å². The van der Waals surface area contributed by atoms with Crippen molar-refractivity contribution in [1.29, 1.82) is 0 Å². The molecule has 0 aliphatic rings. The Labute approximate surface area is 101 Å². The van der Waals surface area contributed by atoms with Crippen molar-refractivity contribution in [3.63, 3.8) is 0 Å². The third-order valence-electron chi connectivity index (χ3n) is 2.91. The van der Waals surface area contributed by atoms with E-state index in [0.29, 0.717) is 17.7 Å². The van der Waals surface area contributed by atoms with Crippen LogP contribution in [0.5, 0.6) is 0 Å². The number of rotatable bonds is 5. The van der Waals surface area contributed by atoms with E-state index in [2.05, 4.69) is 5.32 Å². The largest absolute Gasteiger partial charge is 0.369 e. The average Bonchev–Trinajstić information content (AvgIpc) is 2.38. The van der Waals surface area contributed by atoms with Gasteiger partial charge in [-0.05, 0) is 37.6 Å². The Morgan fingerprint density at radius 3 is 2.41 bits per heavy atom. The van der Waals surface area contributed by atoms with Gasteiger partial charge in [-0.25, -0.2) is 0 Å². The predicted molar refractivity (Wildman–Crippen MR) is 66.2 cm³/mol. The van der Waals surface area contributed by atoms with Gasteiger partial charge in [0.25, 0.3) is 5.91 Å². The molecular formula is C13H17NO3. The predicted octanol–water partition coefficient (Wildman–Crippen LogP) is 2.25. The third-order valence-corrected chi connectivity index (χ3v) is 2.91. The minimum absolute atomic E-state index is 0.193. The molecule has 0 spiro atoms. The Balaban J connectivity index is 2.77. The number of anilines is 1. The number of aldehydes is 1. The topological polar surface area (TPSA) is 55.4 Å². The normalized spacial score (nSPS) is 13.8. The second kappa shape index (κ2) is 5.59. The molecule has 1 aromatic rings.